The van der Waals surface area contributed by atoms with Crippen LogP contribution in [0.3, 0.4) is 0 Å². The minimum Gasteiger partial charge on any atom is -0.325 e. The zero-order valence-electron chi connectivity index (χ0n) is 15.9. The van der Waals surface area contributed by atoms with Gasteiger partial charge in [0, 0.05) is 30.3 Å². The summed E-state index contributed by atoms with van der Waals surface area (Å²) in [7, 11) is 1.85. The van der Waals surface area contributed by atoms with Crippen LogP contribution in [0, 0.1) is 0 Å². The molecule has 0 saturated carbocycles. The van der Waals surface area contributed by atoms with E-state index in [1.165, 1.54) is 0 Å². The van der Waals surface area contributed by atoms with E-state index in [4.69, 9.17) is 0 Å². The highest BCUT2D eigenvalue weighted by molar-refractivity contribution is 6.26. The van der Waals surface area contributed by atoms with Crippen molar-refractivity contribution in [3.63, 3.8) is 0 Å². The number of benzene rings is 1. The monoisotopic (exact) mass is 393 g/mol. The topological polar surface area (TPSA) is 124 Å². The molecule has 1 unspecified atom stereocenters. The first-order chi connectivity index (χ1) is 14.0. The zero-order valence-corrected chi connectivity index (χ0v) is 15.9. The number of rotatable bonds is 7. The van der Waals surface area contributed by atoms with E-state index in [0.717, 1.165) is 16.5 Å². The lowest BCUT2D eigenvalue weighted by molar-refractivity contribution is -0.125. The van der Waals surface area contributed by atoms with Crippen LogP contribution in [-0.2, 0) is 9.59 Å². The molecule has 29 heavy (non-hydrogen) atoms. The van der Waals surface area contributed by atoms with Gasteiger partial charge in [0.15, 0.2) is 5.82 Å². The highest BCUT2D eigenvalue weighted by Crippen LogP contribution is 2.41. The van der Waals surface area contributed by atoms with Crippen LogP contribution in [0.1, 0.15) is 30.1 Å². The van der Waals surface area contributed by atoms with Gasteiger partial charge in [-0.3, -0.25) is 24.6 Å². The zero-order chi connectivity index (χ0) is 20.5. The Morgan fingerprint density at radius 3 is 2.93 bits per heavy atom. The maximum absolute atomic E-state index is 13.1. The summed E-state index contributed by atoms with van der Waals surface area (Å²) in [4.78, 5) is 43.1. The molecule has 2 N–H and O–H groups in total. The number of anilines is 3. The molecule has 0 aliphatic carbocycles. The van der Waals surface area contributed by atoms with Crippen LogP contribution in [0.5, 0.6) is 0 Å². The van der Waals surface area contributed by atoms with Gasteiger partial charge in [0.05, 0.1) is 23.6 Å². The van der Waals surface area contributed by atoms with Gasteiger partial charge in [-0.25, -0.2) is 4.98 Å². The summed E-state index contributed by atoms with van der Waals surface area (Å²) >= 11 is 0. The normalized spacial score (nSPS) is 13.6. The van der Waals surface area contributed by atoms with Crippen molar-refractivity contribution in [2.45, 2.75) is 25.8 Å². The molecule has 4 rings (SSSR count). The largest absolute Gasteiger partial charge is 0.325 e. The van der Waals surface area contributed by atoms with Crippen LogP contribution in [0.2, 0.25) is 0 Å². The number of H-pyrrole nitrogens is 1. The van der Waals surface area contributed by atoms with E-state index in [-0.39, 0.29) is 24.3 Å². The van der Waals surface area contributed by atoms with Crippen LogP contribution in [0.25, 0.3) is 10.8 Å². The number of nitrogens with one attached hydrogen (secondary N) is 2. The minimum atomic E-state index is -0.376. The quantitative estimate of drug-likeness (QED) is 0.583. The Bertz CT molecular complexity index is 1100. The summed E-state index contributed by atoms with van der Waals surface area (Å²) in [6.45, 7) is 1.86. The third-order valence-corrected chi connectivity index (χ3v) is 5.11. The maximum atomic E-state index is 13.1. The first kappa shape index (κ1) is 18.5. The van der Waals surface area contributed by atoms with E-state index in [0.29, 0.717) is 30.0 Å². The number of amides is 3. The molecule has 1 aliphatic rings. The number of aromatic amines is 1. The van der Waals surface area contributed by atoms with Crippen LogP contribution in [-0.4, -0.2) is 51.7 Å². The first-order valence-corrected chi connectivity index (χ1v) is 9.10. The standard InChI is InChI=1S/C19H19N7O3/c1-11(6-7-16(28)21-10-27)26-18-17-12(4-3-5-13(17)19(26)29)14(8-20-18)25(2)15-9-22-24-23-15/h3-5,8-11H,6-7H2,1-2H3,(H,21,27,28)(H,22,23,24). The number of carbonyl (C=O) groups is 3. The van der Waals surface area contributed by atoms with Crippen molar-refractivity contribution >= 4 is 46.3 Å². The Balaban J connectivity index is 1.71. The van der Waals surface area contributed by atoms with E-state index in [1.54, 1.807) is 23.4 Å². The lowest BCUT2D eigenvalue weighted by Gasteiger charge is -2.25. The predicted molar refractivity (Wildman–Crippen MR) is 106 cm³/mol. The number of aromatic nitrogens is 4. The molecule has 0 bridgehead atoms. The Kier molecular flexibility index (Phi) is 4.67. The molecule has 3 heterocycles. The van der Waals surface area contributed by atoms with Gasteiger partial charge in [0.1, 0.15) is 5.82 Å². The van der Waals surface area contributed by atoms with Crippen molar-refractivity contribution in [1.82, 2.24) is 25.7 Å². The van der Waals surface area contributed by atoms with Crippen molar-refractivity contribution in [2.24, 2.45) is 0 Å². The van der Waals surface area contributed by atoms with Crippen molar-refractivity contribution in [1.29, 1.82) is 0 Å². The molecule has 0 saturated heterocycles. The van der Waals surface area contributed by atoms with Gasteiger partial charge in [-0.1, -0.05) is 12.1 Å². The van der Waals surface area contributed by atoms with Crippen molar-refractivity contribution < 1.29 is 14.4 Å². The highest BCUT2D eigenvalue weighted by Gasteiger charge is 2.35. The molecular formula is C19H19N7O3. The lowest BCUT2D eigenvalue weighted by Crippen LogP contribution is -2.37. The van der Waals surface area contributed by atoms with E-state index in [9.17, 15) is 14.4 Å². The number of carbonyl (C=O) groups excluding carboxylic acids is 3. The van der Waals surface area contributed by atoms with Gasteiger partial charge in [-0.15, -0.1) is 5.10 Å². The molecule has 1 aliphatic heterocycles. The Labute approximate surface area is 165 Å². The average Bonchev–Trinajstić information content (AvgIpc) is 3.35. The third-order valence-electron chi connectivity index (χ3n) is 5.11. The molecule has 3 aromatic rings. The molecule has 1 atom stereocenters. The van der Waals surface area contributed by atoms with E-state index in [1.807, 2.05) is 31.0 Å². The number of nitrogens with zero attached hydrogens (tertiary/aromatic N) is 5. The lowest BCUT2D eigenvalue weighted by atomic mass is 10.1. The smallest absolute Gasteiger partial charge is 0.260 e. The van der Waals surface area contributed by atoms with Gasteiger partial charge in [0.25, 0.3) is 5.91 Å². The number of imide groups is 1. The van der Waals surface area contributed by atoms with Crippen molar-refractivity contribution in [3.05, 3.63) is 36.2 Å². The van der Waals surface area contributed by atoms with Crippen LogP contribution in [0.4, 0.5) is 17.3 Å². The Morgan fingerprint density at radius 2 is 2.21 bits per heavy atom. The molecule has 0 radical (unpaired) electrons. The summed E-state index contributed by atoms with van der Waals surface area (Å²) in [5, 5.41) is 14.3. The molecule has 10 nitrogen and oxygen atoms in total. The van der Waals surface area contributed by atoms with E-state index < -0.39 is 0 Å². The first-order valence-electron chi connectivity index (χ1n) is 9.10. The molecule has 2 aromatic heterocycles. The Morgan fingerprint density at radius 1 is 1.38 bits per heavy atom. The molecule has 10 heteroatoms. The van der Waals surface area contributed by atoms with Gasteiger partial charge in [-0.2, -0.15) is 10.3 Å². The second kappa shape index (κ2) is 7.30. The molecule has 1 aromatic carbocycles. The fraction of sp³-hybridized carbons (Fsp3) is 0.263. The van der Waals surface area contributed by atoms with Crippen LogP contribution >= 0.6 is 0 Å². The summed E-state index contributed by atoms with van der Waals surface area (Å²) in [5.74, 6) is 0.672. The number of hydrogen-bond donors (Lipinski definition) is 2. The summed E-state index contributed by atoms with van der Waals surface area (Å²) in [5.41, 5.74) is 1.37. The Hall–Kier alpha value is -3.82. The van der Waals surface area contributed by atoms with Gasteiger partial charge in [0.2, 0.25) is 12.3 Å². The summed E-state index contributed by atoms with van der Waals surface area (Å²) in [6, 6.07) is 5.30. The predicted octanol–water partition coefficient (Wildman–Crippen LogP) is 1.52. The average molecular weight is 393 g/mol. The molecule has 0 spiro atoms. The molecule has 3 amide bonds. The third kappa shape index (κ3) is 3.08. The molecular weight excluding hydrogens is 374 g/mol. The fourth-order valence-corrected chi connectivity index (χ4v) is 3.61. The molecule has 148 valence electrons. The molecule has 0 fully saturated rings. The van der Waals surface area contributed by atoms with E-state index in [2.05, 4.69) is 25.7 Å². The SMILES string of the molecule is CC(CCC(=O)NC=O)N1C(=O)c2cccc3c(N(C)c4cn[nH]n4)cnc1c23. The van der Waals surface area contributed by atoms with Crippen LogP contribution < -0.4 is 15.1 Å². The van der Waals surface area contributed by atoms with E-state index >= 15 is 0 Å². The maximum Gasteiger partial charge on any atom is 0.260 e. The number of pyridine rings is 1. The van der Waals surface area contributed by atoms with Gasteiger partial charge >= 0.3 is 0 Å². The number of hydrogen-bond acceptors (Lipinski definition) is 7. The van der Waals surface area contributed by atoms with Crippen LogP contribution in [0.15, 0.2) is 30.6 Å². The van der Waals surface area contributed by atoms with Gasteiger partial charge < -0.3 is 4.90 Å². The summed E-state index contributed by atoms with van der Waals surface area (Å²) in [6.07, 6.45) is 4.21. The summed E-state index contributed by atoms with van der Waals surface area (Å²) < 4.78 is 0. The second-order valence-corrected chi connectivity index (χ2v) is 6.83. The van der Waals surface area contributed by atoms with Crippen molar-refractivity contribution in [2.75, 3.05) is 16.8 Å². The highest BCUT2D eigenvalue weighted by atomic mass is 16.2. The second-order valence-electron chi connectivity index (χ2n) is 6.83. The van der Waals surface area contributed by atoms with Gasteiger partial charge in [-0.05, 0) is 19.4 Å². The van der Waals surface area contributed by atoms with Crippen molar-refractivity contribution in [3.8, 4) is 0 Å². The minimum absolute atomic E-state index is 0.135. The fourth-order valence-electron chi connectivity index (χ4n) is 3.61.